The van der Waals surface area contributed by atoms with E-state index in [1.807, 2.05) is 29.2 Å². The standard InChI is InChI=1S/C22H33NO3/c1-4-6-9-16-26-20-13-11-18(17-21(20)25-3)12-14-22(24)23-15-8-7-10-19(23)5-2/h11-14,17,19H,4-10,15-16H2,1-3H3/b14-12+. The number of benzene rings is 1. The second kappa shape index (κ2) is 10.9. The minimum absolute atomic E-state index is 0.107. The highest BCUT2D eigenvalue weighted by molar-refractivity contribution is 5.92. The summed E-state index contributed by atoms with van der Waals surface area (Å²) >= 11 is 0. The summed E-state index contributed by atoms with van der Waals surface area (Å²) in [6.45, 7) is 5.90. The van der Waals surface area contributed by atoms with E-state index in [-0.39, 0.29) is 5.91 Å². The van der Waals surface area contributed by atoms with E-state index in [9.17, 15) is 4.79 Å². The predicted molar refractivity (Wildman–Crippen MR) is 107 cm³/mol. The molecule has 0 spiro atoms. The van der Waals surface area contributed by atoms with Crippen molar-refractivity contribution in [3.63, 3.8) is 0 Å². The van der Waals surface area contributed by atoms with Crippen molar-refractivity contribution in [3.05, 3.63) is 29.8 Å². The Kier molecular flexibility index (Phi) is 8.52. The van der Waals surface area contributed by atoms with Crippen molar-refractivity contribution in [1.82, 2.24) is 4.90 Å². The van der Waals surface area contributed by atoms with Gasteiger partial charge in [-0.1, -0.05) is 32.8 Å². The molecule has 1 saturated heterocycles. The number of piperidine rings is 1. The molecule has 1 aromatic rings. The number of methoxy groups -OCH3 is 1. The van der Waals surface area contributed by atoms with Crippen LogP contribution in [-0.4, -0.2) is 37.1 Å². The van der Waals surface area contributed by atoms with Gasteiger partial charge in [0.15, 0.2) is 11.5 Å². The lowest BCUT2D eigenvalue weighted by atomic mass is 10.00. The van der Waals surface area contributed by atoms with Crippen molar-refractivity contribution in [2.45, 2.75) is 64.8 Å². The first-order valence-electron chi connectivity index (χ1n) is 9.99. The number of carbonyl (C=O) groups excluding carboxylic acids is 1. The van der Waals surface area contributed by atoms with Gasteiger partial charge in [-0.15, -0.1) is 0 Å². The molecule has 0 N–H and O–H groups in total. The van der Waals surface area contributed by atoms with E-state index < -0.39 is 0 Å². The zero-order valence-corrected chi connectivity index (χ0v) is 16.5. The number of likely N-dealkylation sites (tertiary alicyclic amines) is 1. The van der Waals surface area contributed by atoms with Gasteiger partial charge >= 0.3 is 0 Å². The number of carbonyl (C=O) groups is 1. The van der Waals surface area contributed by atoms with E-state index in [4.69, 9.17) is 9.47 Å². The van der Waals surface area contributed by atoms with Gasteiger partial charge in [-0.2, -0.15) is 0 Å². The molecule has 144 valence electrons. The second-order valence-corrected chi connectivity index (χ2v) is 6.89. The van der Waals surface area contributed by atoms with Crippen LogP contribution in [0.4, 0.5) is 0 Å². The van der Waals surface area contributed by atoms with Crippen molar-refractivity contribution in [2.75, 3.05) is 20.3 Å². The van der Waals surface area contributed by atoms with Crippen molar-refractivity contribution in [2.24, 2.45) is 0 Å². The average Bonchev–Trinajstić information content (AvgIpc) is 2.69. The van der Waals surface area contributed by atoms with Gasteiger partial charge in [0, 0.05) is 18.7 Å². The molecule has 0 aliphatic carbocycles. The molecule has 0 radical (unpaired) electrons. The SMILES string of the molecule is CCCCCOc1ccc(/C=C/C(=O)N2CCCCC2CC)cc1OC. The van der Waals surface area contributed by atoms with Gasteiger partial charge in [0.1, 0.15) is 0 Å². The van der Waals surface area contributed by atoms with E-state index in [0.717, 1.165) is 43.5 Å². The number of hydrogen-bond acceptors (Lipinski definition) is 3. The van der Waals surface area contributed by atoms with Crippen molar-refractivity contribution in [3.8, 4) is 11.5 Å². The largest absolute Gasteiger partial charge is 0.493 e. The smallest absolute Gasteiger partial charge is 0.246 e. The van der Waals surface area contributed by atoms with E-state index >= 15 is 0 Å². The van der Waals surface area contributed by atoms with Crippen LogP contribution < -0.4 is 9.47 Å². The molecule has 1 unspecified atom stereocenters. The van der Waals surface area contributed by atoms with E-state index in [2.05, 4.69) is 13.8 Å². The van der Waals surface area contributed by atoms with Gasteiger partial charge in [-0.05, 0) is 55.9 Å². The molecule has 2 rings (SSSR count). The lowest BCUT2D eigenvalue weighted by molar-refractivity contribution is -0.129. The van der Waals surface area contributed by atoms with Gasteiger partial charge in [0.2, 0.25) is 5.91 Å². The van der Waals surface area contributed by atoms with Crippen LogP contribution in [0.1, 0.15) is 64.4 Å². The van der Waals surface area contributed by atoms with Crippen molar-refractivity contribution >= 4 is 12.0 Å². The number of hydrogen-bond donors (Lipinski definition) is 0. The molecule has 4 heteroatoms. The first-order valence-corrected chi connectivity index (χ1v) is 9.99. The van der Waals surface area contributed by atoms with Crippen LogP contribution in [0.15, 0.2) is 24.3 Å². The number of ether oxygens (including phenoxy) is 2. The lowest BCUT2D eigenvalue weighted by Crippen LogP contribution is -2.42. The fraction of sp³-hybridized carbons (Fsp3) is 0.591. The Labute approximate surface area is 158 Å². The molecular weight excluding hydrogens is 326 g/mol. The molecule has 1 fully saturated rings. The fourth-order valence-corrected chi connectivity index (χ4v) is 3.42. The van der Waals surface area contributed by atoms with Crippen LogP contribution >= 0.6 is 0 Å². The molecule has 4 nitrogen and oxygen atoms in total. The molecule has 1 aliphatic heterocycles. The maximum atomic E-state index is 12.5. The van der Waals surface area contributed by atoms with Crippen LogP contribution in [0, 0.1) is 0 Å². The Morgan fingerprint density at radius 3 is 2.81 bits per heavy atom. The molecule has 0 bridgehead atoms. The van der Waals surface area contributed by atoms with Gasteiger partial charge in [0.05, 0.1) is 13.7 Å². The Morgan fingerprint density at radius 1 is 1.23 bits per heavy atom. The number of rotatable bonds is 9. The molecule has 1 aromatic carbocycles. The zero-order valence-electron chi connectivity index (χ0n) is 16.5. The number of unbranched alkanes of at least 4 members (excludes halogenated alkanes) is 2. The first-order chi connectivity index (χ1) is 12.7. The summed E-state index contributed by atoms with van der Waals surface area (Å²) in [5.74, 6) is 1.57. The van der Waals surface area contributed by atoms with E-state index in [1.54, 1.807) is 13.2 Å². The predicted octanol–water partition coefficient (Wildman–Crippen LogP) is 5.07. The zero-order chi connectivity index (χ0) is 18.8. The Hall–Kier alpha value is -1.97. The fourth-order valence-electron chi connectivity index (χ4n) is 3.42. The third-order valence-corrected chi connectivity index (χ3v) is 4.99. The van der Waals surface area contributed by atoms with E-state index in [1.165, 1.54) is 19.3 Å². The molecule has 1 atom stereocenters. The Morgan fingerprint density at radius 2 is 2.08 bits per heavy atom. The van der Waals surface area contributed by atoms with Gasteiger partial charge in [0.25, 0.3) is 0 Å². The highest BCUT2D eigenvalue weighted by Crippen LogP contribution is 2.29. The minimum Gasteiger partial charge on any atom is -0.493 e. The Balaban J connectivity index is 1.99. The second-order valence-electron chi connectivity index (χ2n) is 6.89. The quantitative estimate of drug-likeness (QED) is 0.456. The van der Waals surface area contributed by atoms with Gasteiger partial charge in [-0.3, -0.25) is 4.79 Å². The van der Waals surface area contributed by atoms with Crippen LogP contribution in [-0.2, 0) is 4.79 Å². The summed E-state index contributed by atoms with van der Waals surface area (Å²) in [6.07, 6.45) is 11.4. The summed E-state index contributed by atoms with van der Waals surface area (Å²) in [6, 6.07) is 6.20. The first kappa shape index (κ1) is 20.3. The minimum atomic E-state index is 0.107. The molecular formula is C22H33NO3. The maximum Gasteiger partial charge on any atom is 0.246 e. The topological polar surface area (TPSA) is 38.8 Å². The maximum absolute atomic E-state index is 12.5. The van der Waals surface area contributed by atoms with Crippen LogP contribution in [0.5, 0.6) is 11.5 Å². The summed E-state index contributed by atoms with van der Waals surface area (Å²) < 4.78 is 11.3. The third-order valence-electron chi connectivity index (χ3n) is 4.99. The lowest BCUT2D eigenvalue weighted by Gasteiger charge is -2.34. The van der Waals surface area contributed by atoms with E-state index in [0.29, 0.717) is 18.4 Å². The summed E-state index contributed by atoms with van der Waals surface area (Å²) in [5, 5.41) is 0. The molecule has 0 aromatic heterocycles. The van der Waals surface area contributed by atoms with Crippen molar-refractivity contribution in [1.29, 1.82) is 0 Å². The normalized spacial score (nSPS) is 17.5. The van der Waals surface area contributed by atoms with Gasteiger partial charge < -0.3 is 14.4 Å². The third kappa shape index (κ3) is 5.79. The molecule has 1 heterocycles. The van der Waals surface area contributed by atoms with Crippen LogP contribution in [0.25, 0.3) is 6.08 Å². The summed E-state index contributed by atoms with van der Waals surface area (Å²) in [5.41, 5.74) is 0.946. The van der Waals surface area contributed by atoms with Crippen molar-refractivity contribution < 1.29 is 14.3 Å². The van der Waals surface area contributed by atoms with Gasteiger partial charge in [-0.25, -0.2) is 0 Å². The average molecular weight is 360 g/mol. The molecule has 26 heavy (non-hydrogen) atoms. The monoisotopic (exact) mass is 359 g/mol. The van der Waals surface area contributed by atoms with Crippen LogP contribution in [0.2, 0.25) is 0 Å². The van der Waals surface area contributed by atoms with Crippen LogP contribution in [0.3, 0.4) is 0 Å². The summed E-state index contributed by atoms with van der Waals surface area (Å²) in [7, 11) is 1.65. The number of nitrogens with zero attached hydrogens (tertiary/aromatic N) is 1. The highest BCUT2D eigenvalue weighted by atomic mass is 16.5. The Bertz CT molecular complexity index is 597. The highest BCUT2D eigenvalue weighted by Gasteiger charge is 2.23. The molecule has 0 saturated carbocycles. The molecule has 1 aliphatic rings. The molecule has 1 amide bonds. The number of amides is 1. The summed E-state index contributed by atoms with van der Waals surface area (Å²) in [4.78, 5) is 14.6.